The fraction of sp³-hybridized carbons (Fsp3) is 0.0870. The fourth-order valence-corrected chi connectivity index (χ4v) is 3.77. The molecule has 0 radical (unpaired) electrons. The Bertz CT molecular complexity index is 1120. The highest BCUT2D eigenvalue weighted by Crippen LogP contribution is 2.41. The van der Waals surface area contributed by atoms with Gasteiger partial charge in [-0.05, 0) is 53.9 Å². The van der Waals surface area contributed by atoms with Gasteiger partial charge in [-0.15, -0.1) is 0 Å². The Kier molecular flexibility index (Phi) is 4.04. The minimum atomic E-state index is -1.10. The molecule has 0 saturated heterocycles. The molecule has 134 valence electrons. The quantitative estimate of drug-likeness (QED) is 0.512. The summed E-state index contributed by atoms with van der Waals surface area (Å²) in [4.78, 5) is 16.0. The van der Waals surface area contributed by atoms with Crippen molar-refractivity contribution >= 4 is 17.2 Å². The molecule has 27 heavy (non-hydrogen) atoms. The number of rotatable bonds is 4. The molecule has 4 aromatic rings. The van der Waals surface area contributed by atoms with E-state index in [4.69, 9.17) is 0 Å². The van der Waals surface area contributed by atoms with Crippen molar-refractivity contribution in [1.29, 1.82) is 0 Å². The van der Waals surface area contributed by atoms with Gasteiger partial charge in [-0.25, -0.2) is 4.39 Å². The van der Waals surface area contributed by atoms with Crippen molar-refractivity contribution in [3.05, 3.63) is 101 Å². The minimum absolute atomic E-state index is 0.127. The van der Waals surface area contributed by atoms with Gasteiger partial charge in [0.1, 0.15) is 23.3 Å². The number of phenolic OH excluding ortho intramolecular Hbond substituents is 1. The van der Waals surface area contributed by atoms with E-state index in [1.54, 1.807) is 30.3 Å². The van der Waals surface area contributed by atoms with E-state index in [0.29, 0.717) is 5.69 Å². The molecule has 3 nitrogen and oxygen atoms in total. The van der Waals surface area contributed by atoms with Crippen LogP contribution in [0.25, 0.3) is 10.9 Å². The first-order chi connectivity index (χ1) is 13.1. The SMILES string of the molecule is Cc1c([C@](C=O)(c2ccccc2)c2ccc(O)cc2)[nH]c2ccc(F)cc12. The Hall–Kier alpha value is -3.40. The Labute approximate surface area is 156 Å². The van der Waals surface area contributed by atoms with Gasteiger partial charge < -0.3 is 14.9 Å². The number of fused-ring (bicyclic) bond motifs is 1. The number of carbonyl (C=O) groups is 1. The lowest BCUT2D eigenvalue weighted by atomic mass is 9.72. The van der Waals surface area contributed by atoms with Gasteiger partial charge in [0.2, 0.25) is 0 Å². The van der Waals surface area contributed by atoms with Crippen molar-refractivity contribution in [2.45, 2.75) is 12.3 Å². The molecule has 4 rings (SSSR count). The van der Waals surface area contributed by atoms with Crippen LogP contribution in [0.3, 0.4) is 0 Å². The highest BCUT2D eigenvalue weighted by Gasteiger charge is 2.39. The van der Waals surface area contributed by atoms with Crippen LogP contribution >= 0.6 is 0 Å². The lowest BCUT2D eigenvalue weighted by Gasteiger charge is -2.29. The van der Waals surface area contributed by atoms with Crippen molar-refractivity contribution in [2.24, 2.45) is 0 Å². The summed E-state index contributed by atoms with van der Waals surface area (Å²) in [6.45, 7) is 1.88. The summed E-state index contributed by atoms with van der Waals surface area (Å²) in [5.74, 6) is -0.195. The lowest BCUT2D eigenvalue weighted by Crippen LogP contribution is -2.32. The van der Waals surface area contributed by atoms with E-state index in [9.17, 15) is 14.3 Å². The van der Waals surface area contributed by atoms with Crippen LogP contribution in [0, 0.1) is 12.7 Å². The second-order valence-electron chi connectivity index (χ2n) is 6.65. The standard InChI is InChI=1S/C23H18FNO2/c1-15-20-13-18(24)9-12-21(20)25-22(15)23(14-26,16-5-3-2-4-6-16)17-7-10-19(27)11-8-17/h2-14,25,27H,1H3/t23-/m1/s1. The van der Waals surface area contributed by atoms with Crippen LogP contribution in [0.2, 0.25) is 0 Å². The molecule has 1 heterocycles. The first kappa shape index (κ1) is 17.0. The molecule has 0 unspecified atom stereocenters. The van der Waals surface area contributed by atoms with Gasteiger partial charge in [0, 0.05) is 16.6 Å². The maximum Gasteiger partial charge on any atom is 0.140 e. The van der Waals surface area contributed by atoms with Crippen molar-refractivity contribution in [2.75, 3.05) is 0 Å². The first-order valence-corrected chi connectivity index (χ1v) is 8.66. The third-order valence-corrected chi connectivity index (χ3v) is 5.14. The molecule has 0 aliphatic rings. The molecule has 1 aromatic heterocycles. The third-order valence-electron chi connectivity index (χ3n) is 5.14. The van der Waals surface area contributed by atoms with Gasteiger partial charge >= 0.3 is 0 Å². The second kappa shape index (κ2) is 6.40. The molecule has 0 fully saturated rings. The molecule has 2 N–H and O–H groups in total. The number of halogens is 1. The van der Waals surface area contributed by atoms with Gasteiger partial charge in [-0.1, -0.05) is 42.5 Å². The molecule has 0 bridgehead atoms. The predicted molar refractivity (Wildman–Crippen MR) is 103 cm³/mol. The molecule has 0 aliphatic heterocycles. The lowest BCUT2D eigenvalue weighted by molar-refractivity contribution is -0.110. The third kappa shape index (κ3) is 2.61. The number of hydrogen-bond acceptors (Lipinski definition) is 2. The number of hydrogen-bond donors (Lipinski definition) is 2. The van der Waals surface area contributed by atoms with Crippen LogP contribution in [0.5, 0.6) is 5.75 Å². The number of aromatic amines is 1. The largest absolute Gasteiger partial charge is 0.508 e. The summed E-state index contributed by atoms with van der Waals surface area (Å²) in [6, 6.07) is 20.6. The highest BCUT2D eigenvalue weighted by molar-refractivity contribution is 5.90. The summed E-state index contributed by atoms with van der Waals surface area (Å²) in [5, 5.41) is 10.4. The topological polar surface area (TPSA) is 53.1 Å². The molecule has 3 aromatic carbocycles. The Morgan fingerprint density at radius 1 is 0.963 bits per heavy atom. The summed E-state index contributed by atoms with van der Waals surface area (Å²) < 4.78 is 13.8. The Balaban J connectivity index is 2.09. The van der Waals surface area contributed by atoms with E-state index < -0.39 is 5.41 Å². The van der Waals surface area contributed by atoms with E-state index in [2.05, 4.69) is 4.98 Å². The number of benzene rings is 3. The predicted octanol–water partition coefficient (Wildman–Crippen LogP) is 4.85. The number of aryl methyl sites for hydroxylation is 1. The average Bonchev–Trinajstić information content (AvgIpc) is 3.02. The number of aromatic nitrogens is 1. The molecule has 0 saturated carbocycles. The monoisotopic (exact) mass is 359 g/mol. The second-order valence-corrected chi connectivity index (χ2v) is 6.65. The van der Waals surface area contributed by atoms with Crippen LogP contribution in [0.1, 0.15) is 22.4 Å². The number of aromatic hydroxyl groups is 1. The molecule has 4 heteroatoms. The van der Waals surface area contributed by atoms with Gasteiger partial charge in [0.25, 0.3) is 0 Å². The molecule has 0 spiro atoms. The molecule has 0 amide bonds. The van der Waals surface area contributed by atoms with Crippen molar-refractivity contribution < 1.29 is 14.3 Å². The Morgan fingerprint density at radius 3 is 2.30 bits per heavy atom. The molecular formula is C23H18FNO2. The minimum Gasteiger partial charge on any atom is -0.508 e. The number of carbonyl (C=O) groups excluding carboxylic acids is 1. The first-order valence-electron chi connectivity index (χ1n) is 8.66. The van der Waals surface area contributed by atoms with Crippen LogP contribution in [0.15, 0.2) is 72.8 Å². The molecular weight excluding hydrogens is 341 g/mol. The van der Waals surface area contributed by atoms with Crippen molar-refractivity contribution in [3.8, 4) is 5.75 Å². The van der Waals surface area contributed by atoms with E-state index in [1.165, 1.54) is 12.1 Å². The molecule has 1 atom stereocenters. The van der Waals surface area contributed by atoms with Gasteiger partial charge in [0.15, 0.2) is 0 Å². The summed E-state index contributed by atoms with van der Waals surface area (Å²) in [5.41, 5.74) is 2.68. The van der Waals surface area contributed by atoms with E-state index >= 15 is 0 Å². The summed E-state index contributed by atoms with van der Waals surface area (Å²) in [7, 11) is 0. The van der Waals surface area contributed by atoms with E-state index in [1.807, 2.05) is 37.3 Å². The van der Waals surface area contributed by atoms with Crippen molar-refractivity contribution in [3.63, 3.8) is 0 Å². The zero-order chi connectivity index (χ0) is 19.0. The maximum absolute atomic E-state index is 13.8. The molecule has 0 aliphatic carbocycles. The van der Waals surface area contributed by atoms with Crippen LogP contribution < -0.4 is 0 Å². The van der Waals surface area contributed by atoms with Gasteiger partial charge in [0.05, 0.1) is 0 Å². The zero-order valence-corrected chi connectivity index (χ0v) is 14.7. The number of H-pyrrole nitrogens is 1. The van der Waals surface area contributed by atoms with Crippen LogP contribution in [-0.4, -0.2) is 16.4 Å². The Morgan fingerprint density at radius 2 is 1.63 bits per heavy atom. The number of phenols is 1. The van der Waals surface area contributed by atoms with Gasteiger partial charge in [-0.3, -0.25) is 0 Å². The van der Waals surface area contributed by atoms with Crippen LogP contribution in [-0.2, 0) is 10.2 Å². The van der Waals surface area contributed by atoms with Crippen LogP contribution in [0.4, 0.5) is 4.39 Å². The highest BCUT2D eigenvalue weighted by atomic mass is 19.1. The zero-order valence-electron chi connectivity index (χ0n) is 14.7. The van der Waals surface area contributed by atoms with Gasteiger partial charge in [-0.2, -0.15) is 0 Å². The van der Waals surface area contributed by atoms with E-state index in [0.717, 1.165) is 33.9 Å². The summed E-state index contributed by atoms with van der Waals surface area (Å²) in [6.07, 6.45) is 0.906. The van der Waals surface area contributed by atoms with E-state index in [-0.39, 0.29) is 11.6 Å². The fourth-order valence-electron chi connectivity index (χ4n) is 3.77. The number of nitrogens with one attached hydrogen (secondary N) is 1. The normalized spacial score (nSPS) is 13.4. The maximum atomic E-state index is 13.8. The summed E-state index contributed by atoms with van der Waals surface area (Å²) >= 11 is 0. The average molecular weight is 359 g/mol. The smallest absolute Gasteiger partial charge is 0.140 e. The number of aldehydes is 1. The van der Waals surface area contributed by atoms with Crippen molar-refractivity contribution in [1.82, 2.24) is 4.98 Å².